The summed E-state index contributed by atoms with van der Waals surface area (Å²) in [4.78, 5) is 25.0. The lowest BCUT2D eigenvalue weighted by Crippen LogP contribution is -2.48. The number of ether oxygens (including phenoxy) is 1. The van der Waals surface area contributed by atoms with Gasteiger partial charge in [-0.15, -0.1) is 0 Å². The second kappa shape index (κ2) is 11.6. The largest absolute Gasteiger partial charge is 0.492 e. The summed E-state index contributed by atoms with van der Waals surface area (Å²) in [5.41, 5.74) is 1.51. The lowest BCUT2D eigenvalue weighted by atomic mass is 10.1. The Bertz CT molecular complexity index is 783. The highest BCUT2D eigenvalue weighted by Gasteiger charge is 2.21. The normalized spacial score (nSPS) is 11.5. The molecule has 0 spiro atoms. The van der Waals surface area contributed by atoms with Gasteiger partial charge in [-0.2, -0.15) is 11.8 Å². The third-order valence-corrected chi connectivity index (χ3v) is 5.02. The van der Waals surface area contributed by atoms with Gasteiger partial charge in [-0.05, 0) is 49.6 Å². The lowest BCUT2D eigenvalue weighted by molar-refractivity contribution is -0.123. The zero-order valence-corrected chi connectivity index (χ0v) is 17.6. The van der Waals surface area contributed by atoms with Gasteiger partial charge in [0.05, 0.1) is 17.1 Å². The number of rotatable bonds is 10. The van der Waals surface area contributed by atoms with Crippen LogP contribution in [0, 0.1) is 6.92 Å². The van der Waals surface area contributed by atoms with Gasteiger partial charge in [0.15, 0.2) is 0 Å². The average molecular weight is 421 g/mol. The number of halogens is 1. The van der Waals surface area contributed by atoms with E-state index in [1.165, 1.54) is 0 Å². The highest BCUT2D eigenvalue weighted by molar-refractivity contribution is 7.98. The van der Waals surface area contributed by atoms with Gasteiger partial charge < -0.3 is 15.4 Å². The van der Waals surface area contributed by atoms with Crippen LogP contribution < -0.4 is 15.4 Å². The molecule has 0 aromatic heterocycles. The molecule has 0 aliphatic carbocycles. The van der Waals surface area contributed by atoms with Crippen molar-refractivity contribution in [2.24, 2.45) is 0 Å². The van der Waals surface area contributed by atoms with Gasteiger partial charge in [0, 0.05) is 0 Å². The first-order chi connectivity index (χ1) is 13.5. The molecule has 0 aliphatic heterocycles. The van der Waals surface area contributed by atoms with Crippen LogP contribution in [0.2, 0.25) is 5.02 Å². The monoisotopic (exact) mass is 420 g/mol. The Balaban J connectivity index is 1.86. The number of carbonyl (C=O) groups excluding carboxylic acids is 2. The molecule has 0 saturated carbocycles. The summed E-state index contributed by atoms with van der Waals surface area (Å²) in [7, 11) is 0. The molecular formula is C21H25ClN2O3S. The van der Waals surface area contributed by atoms with E-state index in [-0.39, 0.29) is 11.8 Å². The molecule has 0 saturated heterocycles. The summed E-state index contributed by atoms with van der Waals surface area (Å²) in [6.07, 6.45) is 2.49. The van der Waals surface area contributed by atoms with Gasteiger partial charge in [-0.25, -0.2) is 0 Å². The molecular weight excluding hydrogens is 396 g/mol. The molecule has 0 heterocycles. The molecule has 2 aromatic rings. The van der Waals surface area contributed by atoms with Crippen LogP contribution in [0.5, 0.6) is 5.75 Å². The van der Waals surface area contributed by atoms with Crippen molar-refractivity contribution in [2.45, 2.75) is 19.4 Å². The fourth-order valence-corrected chi connectivity index (χ4v) is 3.18. The van der Waals surface area contributed by atoms with Crippen molar-refractivity contribution in [1.82, 2.24) is 10.6 Å². The van der Waals surface area contributed by atoms with E-state index in [2.05, 4.69) is 10.6 Å². The summed E-state index contributed by atoms with van der Waals surface area (Å²) in [5.74, 6) is 0.913. The Morgan fingerprint density at radius 1 is 1.14 bits per heavy atom. The average Bonchev–Trinajstić information content (AvgIpc) is 2.69. The van der Waals surface area contributed by atoms with Crippen molar-refractivity contribution < 1.29 is 14.3 Å². The second-order valence-corrected chi connectivity index (χ2v) is 7.63. The number of thioether (sulfide) groups is 1. The predicted octanol–water partition coefficient (Wildman–Crippen LogP) is 3.70. The second-order valence-electron chi connectivity index (χ2n) is 6.24. The van der Waals surface area contributed by atoms with Crippen LogP contribution in [-0.2, 0) is 4.79 Å². The predicted molar refractivity (Wildman–Crippen MR) is 115 cm³/mol. The van der Waals surface area contributed by atoms with Crippen molar-refractivity contribution in [3.8, 4) is 5.75 Å². The summed E-state index contributed by atoms with van der Waals surface area (Å²) in [5, 5.41) is 5.96. The van der Waals surface area contributed by atoms with Gasteiger partial charge in [-0.1, -0.05) is 41.4 Å². The Kier molecular flexibility index (Phi) is 9.17. The van der Waals surface area contributed by atoms with Crippen molar-refractivity contribution in [2.75, 3.05) is 25.2 Å². The first kappa shape index (κ1) is 22.1. The quantitative estimate of drug-likeness (QED) is 0.575. The summed E-state index contributed by atoms with van der Waals surface area (Å²) in [6, 6.07) is 13.9. The molecule has 0 unspecified atom stereocenters. The van der Waals surface area contributed by atoms with E-state index in [0.29, 0.717) is 30.2 Å². The van der Waals surface area contributed by atoms with E-state index in [0.717, 1.165) is 17.1 Å². The first-order valence-corrected chi connectivity index (χ1v) is 10.8. The SMILES string of the molecule is CSCC[C@@H](NC(=O)c1ccccc1Cl)C(=O)NCCOc1ccc(C)cc1. The first-order valence-electron chi connectivity index (χ1n) is 9.02. The van der Waals surface area contributed by atoms with E-state index >= 15 is 0 Å². The van der Waals surface area contributed by atoms with Crippen LogP contribution in [0.3, 0.4) is 0 Å². The standard InChI is InChI=1S/C21H25ClN2O3S/c1-15-7-9-16(10-8-15)27-13-12-23-21(26)19(11-14-28-2)24-20(25)17-5-3-4-6-18(17)22/h3-10,19H,11-14H2,1-2H3,(H,23,26)(H,24,25)/t19-/m1/s1. The zero-order valence-electron chi connectivity index (χ0n) is 16.0. The van der Waals surface area contributed by atoms with Crippen LogP contribution in [0.1, 0.15) is 22.3 Å². The third-order valence-electron chi connectivity index (χ3n) is 4.04. The highest BCUT2D eigenvalue weighted by atomic mass is 35.5. The molecule has 150 valence electrons. The van der Waals surface area contributed by atoms with Gasteiger partial charge in [0.2, 0.25) is 5.91 Å². The molecule has 7 heteroatoms. The Morgan fingerprint density at radius 3 is 2.54 bits per heavy atom. The minimum absolute atomic E-state index is 0.234. The highest BCUT2D eigenvalue weighted by Crippen LogP contribution is 2.15. The van der Waals surface area contributed by atoms with Crippen molar-refractivity contribution in [1.29, 1.82) is 0 Å². The van der Waals surface area contributed by atoms with Crippen molar-refractivity contribution >= 4 is 35.2 Å². The molecule has 0 radical (unpaired) electrons. The van der Waals surface area contributed by atoms with Gasteiger partial charge >= 0.3 is 0 Å². The van der Waals surface area contributed by atoms with E-state index < -0.39 is 6.04 Å². The van der Waals surface area contributed by atoms with Gasteiger partial charge in [0.25, 0.3) is 5.91 Å². The van der Waals surface area contributed by atoms with Crippen LogP contribution >= 0.6 is 23.4 Å². The zero-order chi connectivity index (χ0) is 20.4. The molecule has 2 amide bonds. The van der Waals surface area contributed by atoms with E-state index in [1.807, 2.05) is 37.4 Å². The molecule has 2 rings (SSSR count). The number of carbonyl (C=O) groups is 2. The Morgan fingerprint density at radius 2 is 1.86 bits per heavy atom. The summed E-state index contributed by atoms with van der Waals surface area (Å²) in [6.45, 7) is 2.71. The number of aryl methyl sites for hydroxylation is 1. The maximum atomic E-state index is 12.5. The number of nitrogens with one attached hydrogen (secondary N) is 2. The molecule has 1 atom stereocenters. The third kappa shape index (κ3) is 7.09. The van der Waals surface area contributed by atoms with Gasteiger partial charge in [0.1, 0.15) is 18.4 Å². The van der Waals surface area contributed by atoms with Gasteiger partial charge in [-0.3, -0.25) is 9.59 Å². The fourth-order valence-electron chi connectivity index (χ4n) is 2.49. The molecule has 2 N–H and O–H groups in total. The Labute approximate surface area is 175 Å². The molecule has 0 bridgehead atoms. The van der Waals surface area contributed by atoms with Crippen molar-refractivity contribution in [3.05, 3.63) is 64.7 Å². The Hall–Kier alpha value is -2.18. The maximum Gasteiger partial charge on any atom is 0.253 e. The number of hydrogen-bond acceptors (Lipinski definition) is 4. The number of benzene rings is 2. The van der Waals surface area contributed by atoms with E-state index in [9.17, 15) is 9.59 Å². The lowest BCUT2D eigenvalue weighted by Gasteiger charge is -2.18. The van der Waals surface area contributed by atoms with E-state index in [4.69, 9.17) is 16.3 Å². The molecule has 0 aliphatic rings. The van der Waals surface area contributed by atoms with Crippen LogP contribution in [0.15, 0.2) is 48.5 Å². The fraction of sp³-hybridized carbons (Fsp3) is 0.333. The minimum Gasteiger partial charge on any atom is -0.492 e. The van der Waals surface area contributed by atoms with E-state index in [1.54, 1.807) is 36.0 Å². The van der Waals surface area contributed by atoms with Crippen LogP contribution in [-0.4, -0.2) is 43.0 Å². The topological polar surface area (TPSA) is 67.4 Å². The van der Waals surface area contributed by atoms with Crippen LogP contribution in [0.4, 0.5) is 0 Å². The number of amides is 2. The smallest absolute Gasteiger partial charge is 0.253 e. The van der Waals surface area contributed by atoms with Crippen LogP contribution in [0.25, 0.3) is 0 Å². The minimum atomic E-state index is -0.629. The molecule has 5 nitrogen and oxygen atoms in total. The maximum absolute atomic E-state index is 12.5. The van der Waals surface area contributed by atoms with Crippen molar-refractivity contribution in [3.63, 3.8) is 0 Å². The number of hydrogen-bond donors (Lipinski definition) is 2. The molecule has 0 fully saturated rings. The summed E-state index contributed by atoms with van der Waals surface area (Å²) >= 11 is 7.69. The molecule has 28 heavy (non-hydrogen) atoms. The molecule has 2 aromatic carbocycles. The summed E-state index contributed by atoms with van der Waals surface area (Å²) < 4.78 is 5.61.